The molecule has 0 aliphatic heterocycles. The van der Waals surface area contributed by atoms with Crippen LogP contribution in [0, 0.1) is 6.92 Å². The fourth-order valence-corrected chi connectivity index (χ4v) is 2.34. The SMILES string of the molecule is CSc1ccc(C)c(S(N)(=O)=O)c1. The molecule has 2 N–H and O–H groups in total. The second-order valence-corrected chi connectivity index (χ2v) is 5.09. The second-order valence-electron chi connectivity index (χ2n) is 2.68. The number of sulfonamides is 1. The van der Waals surface area contributed by atoms with E-state index >= 15 is 0 Å². The third-order valence-electron chi connectivity index (χ3n) is 1.70. The second kappa shape index (κ2) is 3.69. The molecule has 0 saturated heterocycles. The Morgan fingerprint density at radius 3 is 2.46 bits per heavy atom. The largest absolute Gasteiger partial charge is 0.238 e. The average molecular weight is 217 g/mol. The van der Waals surface area contributed by atoms with Gasteiger partial charge in [0.1, 0.15) is 0 Å². The van der Waals surface area contributed by atoms with Crippen LogP contribution in [0.4, 0.5) is 0 Å². The molecular formula is C8H11NO2S2. The molecule has 0 spiro atoms. The maximum Gasteiger partial charge on any atom is 0.238 e. The first-order valence-corrected chi connectivity index (χ1v) is 6.39. The van der Waals surface area contributed by atoms with Gasteiger partial charge < -0.3 is 0 Å². The first kappa shape index (κ1) is 10.6. The number of nitrogens with two attached hydrogens (primary N) is 1. The lowest BCUT2D eigenvalue weighted by Gasteiger charge is -2.04. The van der Waals surface area contributed by atoms with Crippen LogP contribution in [0.2, 0.25) is 0 Å². The lowest BCUT2D eigenvalue weighted by Crippen LogP contribution is -2.13. The van der Waals surface area contributed by atoms with Crippen LogP contribution in [0.1, 0.15) is 5.56 Å². The number of benzene rings is 1. The van der Waals surface area contributed by atoms with Crippen molar-refractivity contribution < 1.29 is 8.42 Å². The van der Waals surface area contributed by atoms with Crippen molar-refractivity contribution in [2.45, 2.75) is 16.7 Å². The van der Waals surface area contributed by atoms with Crippen molar-refractivity contribution in [3.05, 3.63) is 23.8 Å². The molecule has 0 aliphatic carbocycles. The minimum Gasteiger partial charge on any atom is -0.225 e. The van der Waals surface area contributed by atoms with E-state index in [0.29, 0.717) is 5.56 Å². The molecule has 1 aromatic rings. The van der Waals surface area contributed by atoms with E-state index < -0.39 is 10.0 Å². The maximum atomic E-state index is 11.1. The highest BCUT2D eigenvalue weighted by atomic mass is 32.2. The van der Waals surface area contributed by atoms with Gasteiger partial charge in [-0.1, -0.05) is 6.07 Å². The Kier molecular flexibility index (Phi) is 3.00. The van der Waals surface area contributed by atoms with Crippen molar-refractivity contribution >= 4 is 21.8 Å². The number of hydrogen-bond donors (Lipinski definition) is 1. The quantitative estimate of drug-likeness (QED) is 0.761. The topological polar surface area (TPSA) is 60.2 Å². The van der Waals surface area contributed by atoms with Crippen LogP contribution >= 0.6 is 11.8 Å². The molecule has 3 nitrogen and oxygen atoms in total. The summed E-state index contributed by atoms with van der Waals surface area (Å²) in [5.41, 5.74) is 0.681. The monoisotopic (exact) mass is 217 g/mol. The van der Waals surface area contributed by atoms with Crippen molar-refractivity contribution in [3.8, 4) is 0 Å². The van der Waals surface area contributed by atoms with E-state index in [9.17, 15) is 8.42 Å². The highest BCUT2D eigenvalue weighted by Gasteiger charge is 2.11. The number of rotatable bonds is 2. The van der Waals surface area contributed by atoms with E-state index in [-0.39, 0.29) is 4.90 Å². The highest BCUT2D eigenvalue weighted by Crippen LogP contribution is 2.21. The van der Waals surface area contributed by atoms with Crippen molar-refractivity contribution in [1.82, 2.24) is 0 Å². The van der Waals surface area contributed by atoms with Crippen LogP contribution in [-0.2, 0) is 10.0 Å². The van der Waals surface area contributed by atoms with Gasteiger partial charge in [-0.25, -0.2) is 13.6 Å². The molecule has 72 valence electrons. The molecule has 0 aromatic heterocycles. The molecule has 0 saturated carbocycles. The Morgan fingerprint density at radius 1 is 1.38 bits per heavy atom. The zero-order valence-corrected chi connectivity index (χ0v) is 9.08. The van der Waals surface area contributed by atoms with Crippen LogP contribution in [0.25, 0.3) is 0 Å². The maximum absolute atomic E-state index is 11.1. The fourth-order valence-electron chi connectivity index (χ4n) is 1.01. The molecule has 0 amide bonds. The molecule has 0 radical (unpaired) electrons. The summed E-state index contributed by atoms with van der Waals surface area (Å²) in [7, 11) is -3.58. The fraction of sp³-hybridized carbons (Fsp3) is 0.250. The average Bonchev–Trinajstić information content (AvgIpc) is 2.03. The van der Waals surface area contributed by atoms with E-state index in [1.165, 1.54) is 11.8 Å². The molecule has 0 unspecified atom stereocenters. The first-order valence-electron chi connectivity index (χ1n) is 3.62. The first-order chi connectivity index (χ1) is 5.95. The number of hydrogen-bond acceptors (Lipinski definition) is 3. The third-order valence-corrected chi connectivity index (χ3v) is 3.48. The Hall–Kier alpha value is -0.520. The third kappa shape index (κ3) is 2.46. The standard InChI is InChI=1S/C8H11NO2S2/c1-6-3-4-7(12-2)5-8(6)13(9,10)11/h3-5H,1-2H3,(H2,9,10,11). The van der Waals surface area contributed by atoms with Gasteiger partial charge in [0, 0.05) is 4.90 Å². The molecule has 5 heteroatoms. The van der Waals surface area contributed by atoms with Gasteiger partial charge in [-0.05, 0) is 30.9 Å². The summed E-state index contributed by atoms with van der Waals surface area (Å²) in [5.74, 6) is 0. The molecule has 0 aliphatic rings. The van der Waals surface area contributed by atoms with E-state index in [0.717, 1.165) is 4.90 Å². The molecule has 13 heavy (non-hydrogen) atoms. The van der Waals surface area contributed by atoms with Crippen LogP contribution in [0.5, 0.6) is 0 Å². The van der Waals surface area contributed by atoms with Crippen LogP contribution in [0.3, 0.4) is 0 Å². The predicted molar refractivity (Wildman–Crippen MR) is 54.3 cm³/mol. The van der Waals surface area contributed by atoms with Gasteiger partial charge in [0.2, 0.25) is 10.0 Å². The molecular weight excluding hydrogens is 206 g/mol. The van der Waals surface area contributed by atoms with E-state index in [2.05, 4.69) is 0 Å². The smallest absolute Gasteiger partial charge is 0.225 e. The molecule has 0 heterocycles. The minimum atomic E-state index is -3.58. The number of aryl methyl sites for hydroxylation is 1. The Labute approximate surface area is 82.4 Å². The van der Waals surface area contributed by atoms with Crippen LogP contribution in [-0.4, -0.2) is 14.7 Å². The number of primary sulfonamides is 1. The van der Waals surface area contributed by atoms with Gasteiger partial charge in [-0.3, -0.25) is 0 Å². The van der Waals surface area contributed by atoms with E-state index in [1.807, 2.05) is 12.3 Å². The van der Waals surface area contributed by atoms with Gasteiger partial charge >= 0.3 is 0 Å². The Morgan fingerprint density at radius 2 is 2.00 bits per heavy atom. The zero-order valence-electron chi connectivity index (χ0n) is 7.44. The summed E-state index contributed by atoms with van der Waals surface area (Å²) < 4.78 is 22.2. The van der Waals surface area contributed by atoms with Crippen molar-refractivity contribution in [3.63, 3.8) is 0 Å². The predicted octanol–water partition coefficient (Wildman–Crippen LogP) is 1.36. The molecule has 1 rings (SSSR count). The molecule has 0 fully saturated rings. The molecule has 0 bridgehead atoms. The van der Waals surface area contributed by atoms with Gasteiger partial charge in [0.25, 0.3) is 0 Å². The van der Waals surface area contributed by atoms with Gasteiger partial charge in [0.05, 0.1) is 4.90 Å². The normalized spacial score (nSPS) is 11.6. The lowest BCUT2D eigenvalue weighted by atomic mass is 10.2. The summed E-state index contributed by atoms with van der Waals surface area (Å²) in [6, 6.07) is 5.22. The van der Waals surface area contributed by atoms with E-state index in [4.69, 9.17) is 5.14 Å². The molecule has 1 aromatic carbocycles. The van der Waals surface area contributed by atoms with Crippen molar-refractivity contribution in [2.24, 2.45) is 5.14 Å². The van der Waals surface area contributed by atoms with Crippen molar-refractivity contribution in [2.75, 3.05) is 6.26 Å². The van der Waals surface area contributed by atoms with Gasteiger partial charge in [-0.15, -0.1) is 11.8 Å². The Balaban J connectivity index is 3.36. The van der Waals surface area contributed by atoms with Gasteiger partial charge in [0.15, 0.2) is 0 Å². The minimum absolute atomic E-state index is 0.208. The van der Waals surface area contributed by atoms with Crippen molar-refractivity contribution in [1.29, 1.82) is 0 Å². The highest BCUT2D eigenvalue weighted by molar-refractivity contribution is 7.98. The lowest BCUT2D eigenvalue weighted by molar-refractivity contribution is 0.597. The Bertz CT molecular complexity index is 412. The van der Waals surface area contributed by atoms with Gasteiger partial charge in [-0.2, -0.15) is 0 Å². The zero-order chi connectivity index (χ0) is 10.1. The van der Waals surface area contributed by atoms with E-state index in [1.54, 1.807) is 19.1 Å². The number of thioether (sulfide) groups is 1. The summed E-state index contributed by atoms with van der Waals surface area (Å²) in [4.78, 5) is 1.11. The van der Waals surface area contributed by atoms with Crippen LogP contribution in [0.15, 0.2) is 28.0 Å². The summed E-state index contributed by atoms with van der Waals surface area (Å²) >= 11 is 1.49. The summed E-state index contributed by atoms with van der Waals surface area (Å²) in [6.07, 6.45) is 1.89. The van der Waals surface area contributed by atoms with Crippen LogP contribution < -0.4 is 5.14 Å². The molecule has 0 atom stereocenters. The summed E-state index contributed by atoms with van der Waals surface area (Å²) in [5, 5.41) is 5.04. The summed E-state index contributed by atoms with van der Waals surface area (Å²) in [6.45, 7) is 1.73.